The number of carbonyl (C=O) groups is 1. The zero-order valence-corrected chi connectivity index (χ0v) is 12.5. The first-order valence-electron chi connectivity index (χ1n) is 6.99. The number of carbonyl (C=O) groups excluding carboxylic acids is 1. The lowest BCUT2D eigenvalue weighted by molar-refractivity contribution is -0.122. The van der Waals surface area contributed by atoms with Crippen LogP contribution in [0.5, 0.6) is 11.5 Å². The molecule has 4 nitrogen and oxygen atoms in total. The summed E-state index contributed by atoms with van der Waals surface area (Å²) in [6.07, 6.45) is -0.163. The SMILES string of the molecule is CC[C@@H](Oc1ccc(OC)cc1)C(=O)Nc1cccc(F)c1. The van der Waals surface area contributed by atoms with Gasteiger partial charge in [-0.05, 0) is 48.9 Å². The molecular formula is C17H18FNO3. The normalized spacial score (nSPS) is 11.6. The predicted octanol–water partition coefficient (Wildman–Crippen LogP) is 3.63. The number of anilines is 1. The first-order chi connectivity index (χ1) is 10.6. The monoisotopic (exact) mass is 303 g/mol. The molecule has 0 fully saturated rings. The standard InChI is InChI=1S/C17H18FNO3/c1-3-16(22-15-9-7-14(21-2)8-10-15)17(20)19-13-6-4-5-12(18)11-13/h4-11,16H,3H2,1-2H3,(H,19,20)/t16-/m1/s1. The van der Waals surface area contributed by atoms with Gasteiger partial charge in [0, 0.05) is 5.69 Å². The molecule has 2 aromatic rings. The van der Waals surface area contributed by atoms with Crippen LogP contribution in [0.1, 0.15) is 13.3 Å². The maximum atomic E-state index is 13.1. The molecule has 0 aromatic heterocycles. The number of halogens is 1. The first-order valence-corrected chi connectivity index (χ1v) is 6.99. The number of ether oxygens (including phenoxy) is 2. The summed E-state index contributed by atoms with van der Waals surface area (Å²) in [6, 6.07) is 12.7. The molecule has 22 heavy (non-hydrogen) atoms. The number of methoxy groups -OCH3 is 1. The Bertz CT molecular complexity index is 628. The summed E-state index contributed by atoms with van der Waals surface area (Å²) in [7, 11) is 1.58. The van der Waals surface area contributed by atoms with E-state index in [-0.39, 0.29) is 5.91 Å². The lowest BCUT2D eigenvalue weighted by atomic mass is 10.2. The fourth-order valence-corrected chi connectivity index (χ4v) is 1.93. The van der Waals surface area contributed by atoms with Crippen molar-refractivity contribution in [1.82, 2.24) is 0 Å². The van der Waals surface area contributed by atoms with Crippen molar-refractivity contribution in [2.24, 2.45) is 0 Å². The minimum atomic E-state index is -0.656. The summed E-state index contributed by atoms with van der Waals surface area (Å²) < 4.78 is 23.9. The molecule has 0 aliphatic carbocycles. The van der Waals surface area contributed by atoms with Crippen molar-refractivity contribution in [3.63, 3.8) is 0 Å². The Kier molecular flexibility index (Phi) is 5.36. The van der Waals surface area contributed by atoms with Crippen LogP contribution in [0, 0.1) is 5.82 Å². The Morgan fingerprint density at radius 2 is 1.86 bits per heavy atom. The van der Waals surface area contributed by atoms with E-state index in [9.17, 15) is 9.18 Å². The van der Waals surface area contributed by atoms with Crippen LogP contribution in [0.25, 0.3) is 0 Å². The number of benzene rings is 2. The average molecular weight is 303 g/mol. The van der Waals surface area contributed by atoms with Crippen molar-refractivity contribution in [2.45, 2.75) is 19.4 Å². The van der Waals surface area contributed by atoms with E-state index in [1.807, 2.05) is 6.92 Å². The molecule has 0 spiro atoms. The van der Waals surface area contributed by atoms with Gasteiger partial charge in [-0.1, -0.05) is 13.0 Å². The van der Waals surface area contributed by atoms with E-state index < -0.39 is 11.9 Å². The maximum absolute atomic E-state index is 13.1. The summed E-state index contributed by atoms with van der Waals surface area (Å²) in [5.41, 5.74) is 0.404. The molecule has 2 aromatic carbocycles. The summed E-state index contributed by atoms with van der Waals surface area (Å²) in [4.78, 5) is 12.2. The van der Waals surface area contributed by atoms with E-state index >= 15 is 0 Å². The van der Waals surface area contributed by atoms with Crippen LogP contribution >= 0.6 is 0 Å². The molecule has 1 atom stereocenters. The van der Waals surface area contributed by atoms with Crippen LogP contribution in [0.2, 0.25) is 0 Å². The predicted molar refractivity (Wildman–Crippen MR) is 82.7 cm³/mol. The van der Waals surface area contributed by atoms with Gasteiger partial charge in [-0.15, -0.1) is 0 Å². The molecule has 0 saturated carbocycles. The van der Waals surface area contributed by atoms with E-state index in [1.165, 1.54) is 18.2 Å². The molecule has 0 aliphatic heterocycles. The van der Waals surface area contributed by atoms with Gasteiger partial charge < -0.3 is 14.8 Å². The molecule has 1 amide bonds. The van der Waals surface area contributed by atoms with Crippen molar-refractivity contribution >= 4 is 11.6 Å². The van der Waals surface area contributed by atoms with Crippen LogP contribution < -0.4 is 14.8 Å². The van der Waals surface area contributed by atoms with Gasteiger partial charge in [0.1, 0.15) is 17.3 Å². The lowest BCUT2D eigenvalue weighted by Gasteiger charge is -2.17. The van der Waals surface area contributed by atoms with Crippen molar-refractivity contribution in [1.29, 1.82) is 0 Å². The molecule has 0 bridgehead atoms. The maximum Gasteiger partial charge on any atom is 0.265 e. The van der Waals surface area contributed by atoms with Crippen LogP contribution in [-0.4, -0.2) is 19.1 Å². The Morgan fingerprint density at radius 3 is 2.45 bits per heavy atom. The average Bonchev–Trinajstić information content (AvgIpc) is 2.53. The Morgan fingerprint density at radius 1 is 1.18 bits per heavy atom. The summed E-state index contributed by atoms with van der Waals surface area (Å²) in [5.74, 6) is 0.567. The number of rotatable bonds is 6. The van der Waals surface area contributed by atoms with E-state index in [0.29, 0.717) is 23.6 Å². The van der Waals surface area contributed by atoms with Crippen molar-refractivity contribution < 1.29 is 18.7 Å². The van der Waals surface area contributed by atoms with Gasteiger partial charge in [-0.2, -0.15) is 0 Å². The first kappa shape index (κ1) is 15.8. The highest BCUT2D eigenvalue weighted by Crippen LogP contribution is 2.19. The second-order valence-electron chi connectivity index (χ2n) is 4.69. The highest BCUT2D eigenvalue weighted by atomic mass is 19.1. The number of hydrogen-bond acceptors (Lipinski definition) is 3. The number of hydrogen-bond donors (Lipinski definition) is 1. The van der Waals surface area contributed by atoms with Crippen LogP contribution in [0.4, 0.5) is 10.1 Å². The third-order valence-corrected chi connectivity index (χ3v) is 3.09. The molecule has 116 valence electrons. The largest absolute Gasteiger partial charge is 0.497 e. The molecule has 1 N–H and O–H groups in total. The van der Waals surface area contributed by atoms with E-state index in [2.05, 4.69) is 5.32 Å². The van der Waals surface area contributed by atoms with Crippen molar-refractivity contribution in [3.05, 3.63) is 54.3 Å². The minimum absolute atomic E-state index is 0.316. The van der Waals surface area contributed by atoms with Crippen molar-refractivity contribution in [3.8, 4) is 11.5 Å². The third-order valence-electron chi connectivity index (χ3n) is 3.09. The summed E-state index contributed by atoms with van der Waals surface area (Å²) in [6.45, 7) is 1.85. The van der Waals surface area contributed by atoms with Gasteiger partial charge >= 0.3 is 0 Å². The molecule has 0 aliphatic rings. The third kappa shape index (κ3) is 4.22. The van der Waals surface area contributed by atoms with Gasteiger partial charge in [0.2, 0.25) is 0 Å². The van der Waals surface area contributed by atoms with Gasteiger partial charge in [0.15, 0.2) is 6.10 Å². The molecule has 0 unspecified atom stereocenters. The van der Waals surface area contributed by atoms with Crippen LogP contribution in [0.15, 0.2) is 48.5 Å². The molecule has 0 heterocycles. The van der Waals surface area contributed by atoms with Gasteiger partial charge in [0.05, 0.1) is 7.11 Å². The fourth-order valence-electron chi connectivity index (χ4n) is 1.93. The summed E-state index contributed by atoms with van der Waals surface area (Å²) >= 11 is 0. The smallest absolute Gasteiger partial charge is 0.265 e. The molecule has 0 radical (unpaired) electrons. The Hall–Kier alpha value is -2.56. The second kappa shape index (κ2) is 7.45. The van der Waals surface area contributed by atoms with Crippen LogP contribution in [-0.2, 0) is 4.79 Å². The molecular weight excluding hydrogens is 285 g/mol. The number of amides is 1. The molecule has 0 saturated heterocycles. The Balaban J connectivity index is 2.02. The summed E-state index contributed by atoms with van der Waals surface area (Å²) in [5, 5.41) is 2.65. The van der Waals surface area contributed by atoms with Crippen molar-refractivity contribution in [2.75, 3.05) is 12.4 Å². The zero-order valence-electron chi connectivity index (χ0n) is 12.5. The minimum Gasteiger partial charge on any atom is -0.497 e. The lowest BCUT2D eigenvalue weighted by Crippen LogP contribution is -2.32. The fraction of sp³-hybridized carbons (Fsp3) is 0.235. The van der Waals surface area contributed by atoms with E-state index in [1.54, 1.807) is 37.4 Å². The number of nitrogens with one attached hydrogen (secondary N) is 1. The quantitative estimate of drug-likeness (QED) is 0.886. The van der Waals surface area contributed by atoms with Crippen LogP contribution in [0.3, 0.4) is 0 Å². The van der Waals surface area contributed by atoms with E-state index in [0.717, 1.165) is 0 Å². The Labute approximate surface area is 128 Å². The van der Waals surface area contributed by atoms with Gasteiger partial charge in [0.25, 0.3) is 5.91 Å². The highest BCUT2D eigenvalue weighted by Gasteiger charge is 2.18. The molecule has 5 heteroatoms. The topological polar surface area (TPSA) is 47.6 Å². The zero-order chi connectivity index (χ0) is 15.9. The van der Waals surface area contributed by atoms with E-state index in [4.69, 9.17) is 9.47 Å². The molecule has 2 rings (SSSR count). The van der Waals surface area contributed by atoms with Gasteiger partial charge in [-0.25, -0.2) is 4.39 Å². The second-order valence-corrected chi connectivity index (χ2v) is 4.69. The van der Waals surface area contributed by atoms with Gasteiger partial charge in [-0.3, -0.25) is 4.79 Å². The highest BCUT2D eigenvalue weighted by molar-refractivity contribution is 5.94.